The summed E-state index contributed by atoms with van der Waals surface area (Å²) in [5.41, 5.74) is 2.64. The fourth-order valence-electron chi connectivity index (χ4n) is 3.92. The number of carbonyl (C=O) groups excluding carboxylic acids is 3. The van der Waals surface area contributed by atoms with Crippen molar-refractivity contribution < 1.29 is 14.4 Å². The van der Waals surface area contributed by atoms with Crippen LogP contribution in [0.5, 0.6) is 0 Å². The van der Waals surface area contributed by atoms with Crippen LogP contribution >= 0.6 is 0 Å². The summed E-state index contributed by atoms with van der Waals surface area (Å²) in [5.74, 6) is -0.839. The second-order valence-corrected chi connectivity index (χ2v) is 8.09. The smallest absolute Gasteiger partial charge is 0.325 e. The molecular weight excluding hydrogens is 402 g/mol. The van der Waals surface area contributed by atoms with Gasteiger partial charge in [0.05, 0.1) is 6.04 Å². The molecule has 1 aliphatic rings. The van der Waals surface area contributed by atoms with E-state index in [2.05, 4.69) is 10.6 Å². The first-order valence-corrected chi connectivity index (χ1v) is 10.5. The minimum Gasteiger partial charge on any atom is -0.348 e. The van der Waals surface area contributed by atoms with Gasteiger partial charge in [-0.3, -0.25) is 14.5 Å². The molecule has 1 aliphatic heterocycles. The van der Waals surface area contributed by atoms with Gasteiger partial charge in [-0.05, 0) is 36.1 Å². The van der Waals surface area contributed by atoms with Crippen molar-refractivity contribution in [3.63, 3.8) is 0 Å². The monoisotopic (exact) mass is 427 g/mol. The zero-order valence-corrected chi connectivity index (χ0v) is 18.0. The van der Waals surface area contributed by atoms with E-state index >= 15 is 0 Å². The normalized spacial score (nSPS) is 18.9. The Hall–Kier alpha value is -3.93. The van der Waals surface area contributed by atoms with Crippen LogP contribution in [0.1, 0.15) is 31.0 Å². The SMILES string of the molecule is C[C@H](NC(=O)CN1C(=O)N[C@](C)(c2ccccc2)C1=O)c1ccc(-c2ccccc2)cc1. The van der Waals surface area contributed by atoms with Crippen molar-refractivity contribution in [1.82, 2.24) is 15.5 Å². The molecule has 0 saturated carbocycles. The highest BCUT2D eigenvalue weighted by Crippen LogP contribution is 2.28. The molecule has 6 nitrogen and oxygen atoms in total. The average Bonchev–Trinajstić information content (AvgIpc) is 3.04. The molecule has 3 aromatic carbocycles. The van der Waals surface area contributed by atoms with Crippen LogP contribution in [0.3, 0.4) is 0 Å². The van der Waals surface area contributed by atoms with Crippen molar-refractivity contribution in [1.29, 1.82) is 0 Å². The Labute approximate surface area is 187 Å². The molecule has 1 saturated heterocycles. The van der Waals surface area contributed by atoms with Gasteiger partial charge < -0.3 is 10.6 Å². The van der Waals surface area contributed by atoms with Crippen LogP contribution in [0, 0.1) is 0 Å². The van der Waals surface area contributed by atoms with Crippen molar-refractivity contribution in [3.8, 4) is 11.1 Å². The van der Waals surface area contributed by atoms with Gasteiger partial charge in [-0.15, -0.1) is 0 Å². The summed E-state index contributed by atoms with van der Waals surface area (Å²) >= 11 is 0. The number of imide groups is 1. The lowest BCUT2D eigenvalue weighted by atomic mass is 9.92. The van der Waals surface area contributed by atoms with Crippen molar-refractivity contribution in [2.45, 2.75) is 25.4 Å². The second-order valence-electron chi connectivity index (χ2n) is 8.09. The van der Waals surface area contributed by atoms with E-state index in [1.807, 2.05) is 67.6 Å². The number of hydrogen-bond acceptors (Lipinski definition) is 3. The van der Waals surface area contributed by atoms with Gasteiger partial charge in [-0.1, -0.05) is 84.9 Å². The lowest BCUT2D eigenvalue weighted by molar-refractivity contribution is -0.135. The van der Waals surface area contributed by atoms with Crippen LogP contribution in [-0.4, -0.2) is 29.3 Å². The van der Waals surface area contributed by atoms with Crippen LogP contribution in [0.2, 0.25) is 0 Å². The molecule has 3 aromatic rings. The molecule has 0 unspecified atom stereocenters. The number of urea groups is 1. The van der Waals surface area contributed by atoms with Crippen molar-refractivity contribution in [3.05, 3.63) is 96.1 Å². The molecule has 1 fully saturated rings. The Balaban J connectivity index is 1.40. The molecule has 0 spiro atoms. The molecule has 6 heteroatoms. The number of benzene rings is 3. The van der Waals surface area contributed by atoms with Gasteiger partial charge in [0.2, 0.25) is 5.91 Å². The van der Waals surface area contributed by atoms with Gasteiger partial charge >= 0.3 is 6.03 Å². The van der Waals surface area contributed by atoms with E-state index in [-0.39, 0.29) is 12.6 Å². The van der Waals surface area contributed by atoms with Crippen molar-refractivity contribution in [2.75, 3.05) is 6.54 Å². The molecular formula is C26H25N3O3. The molecule has 0 aliphatic carbocycles. The first-order valence-electron chi connectivity index (χ1n) is 10.5. The van der Waals surface area contributed by atoms with Crippen LogP contribution in [0.4, 0.5) is 4.79 Å². The van der Waals surface area contributed by atoms with E-state index in [1.165, 1.54) is 0 Å². The minimum absolute atomic E-state index is 0.270. The minimum atomic E-state index is -1.18. The maximum absolute atomic E-state index is 13.0. The standard InChI is InChI=1S/C26H25N3O3/c1-18(19-13-15-21(16-14-19)20-9-5-3-6-10-20)27-23(30)17-29-24(31)26(2,28-25(29)32)22-11-7-4-8-12-22/h3-16,18H,17H2,1-2H3,(H,27,30)(H,28,32)/t18-,26+/m0/s1. The van der Waals surface area contributed by atoms with E-state index in [0.29, 0.717) is 5.56 Å². The summed E-state index contributed by atoms with van der Waals surface area (Å²) in [7, 11) is 0. The summed E-state index contributed by atoms with van der Waals surface area (Å²) in [6, 6.07) is 26.2. The summed E-state index contributed by atoms with van der Waals surface area (Å²) in [4.78, 5) is 39.0. The lowest BCUT2D eigenvalue weighted by Crippen LogP contribution is -2.43. The maximum atomic E-state index is 13.0. The zero-order chi connectivity index (χ0) is 22.7. The topological polar surface area (TPSA) is 78.5 Å². The number of nitrogens with zero attached hydrogens (tertiary/aromatic N) is 1. The Morgan fingerprint density at radius 1 is 0.906 bits per heavy atom. The van der Waals surface area contributed by atoms with Crippen molar-refractivity contribution >= 4 is 17.8 Å². The summed E-state index contributed by atoms with van der Waals surface area (Å²) < 4.78 is 0. The largest absolute Gasteiger partial charge is 0.348 e. The van der Waals surface area contributed by atoms with E-state index in [0.717, 1.165) is 21.6 Å². The van der Waals surface area contributed by atoms with Gasteiger partial charge in [0.15, 0.2) is 0 Å². The van der Waals surface area contributed by atoms with Crippen LogP contribution in [0.15, 0.2) is 84.9 Å². The number of amides is 4. The van der Waals surface area contributed by atoms with Gasteiger partial charge in [-0.25, -0.2) is 4.79 Å². The molecule has 2 N–H and O–H groups in total. The van der Waals surface area contributed by atoms with Crippen LogP contribution < -0.4 is 10.6 Å². The van der Waals surface area contributed by atoms with Gasteiger partial charge in [-0.2, -0.15) is 0 Å². The van der Waals surface area contributed by atoms with Gasteiger partial charge in [0, 0.05) is 0 Å². The number of hydrogen-bond donors (Lipinski definition) is 2. The molecule has 0 aromatic heterocycles. The van der Waals surface area contributed by atoms with Crippen LogP contribution in [-0.2, 0) is 15.1 Å². The van der Waals surface area contributed by atoms with E-state index in [9.17, 15) is 14.4 Å². The quantitative estimate of drug-likeness (QED) is 0.584. The summed E-state index contributed by atoms with van der Waals surface area (Å²) in [5, 5.41) is 5.59. The number of carbonyl (C=O) groups is 3. The fraction of sp³-hybridized carbons (Fsp3) is 0.192. The highest BCUT2D eigenvalue weighted by molar-refractivity contribution is 6.09. The Bertz CT molecular complexity index is 1130. The first kappa shape index (κ1) is 21.3. The van der Waals surface area contributed by atoms with Crippen LogP contribution in [0.25, 0.3) is 11.1 Å². The van der Waals surface area contributed by atoms with Gasteiger partial charge in [0.1, 0.15) is 12.1 Å². The van der Waals surface area contributed by atoms with E-state index in [1.54, 1.807) is 31.2 Å². The molecule has 2 atom stereocenters. The molecule has 0 bridgehead atoms. The summed E-state index contributed by atoms with van der Waals surface area (Å²) in [6.45, 7) is 3.19. The third kappa shape index (κ3) is 4.12. The van der Waals surface area contributed by atoms with E-state index < -0.39 is 23.4 Å². The summed E-state index contributed by atoms with van der Waals surface area (Å²) in [6.07, 6.45) is 0. The molecule has 4 rings (SSSR count). The molecule has 0 radical (unpaired) electrons. The Kier molecular flexibility index (Phi) is 5.77. The predicted molar refractivity (Wildman–Crippen MR) is 122 cm³/mol. The maximum Gasteiger partial charge on any atom is 0.325 e. The van der Waals surface area contributed by atoms with Crippen molar-refractivity contribution in [2.24, 2.45) is 0 Å². The molecule has 32 heavy (non-hydrogen) atoms. The predicted octanol–water partition coefficient (Wildman–Crippen LogP) is 4.00. The molecule has 162 valence electrons. The number of rotatable bonds is 6. The Morgan fingerprint density at radius 2 is 1.47 bits per heavy atom. The fourth-order valence-corrected chi connectivity index (χ4v) is 3.92. The third-order valence-corrected chi connectivity index (χ3v) is 5.82. The third-order valence-electron chi connectivity index (χ3n) is 5.82. The van der Waals surface area contributed by atoms with Gasteiger partial charge in [0.25, 0.3) is 5.91 Å². The highest BCUT2D eigenvalue weighted by atomic mass is 16.2. The lowest BCUT2D eigenvalue weighted by Gasteiger charge is -2.22. The molecule has 4 amide bonds. The Morgan fingerprint density at radius 3 is 2.09 bits per heavy atom. The van der Waals surface area contributed by atoms with E-state index in [4.69, 9.17) is 0 Å². The zero-order valence-electron chi connectivity index (χ0n) is 18.0. The second kappa shape index (κ2) is 8.67. The first-order chi connectivity index (χ1) is 15.4. The highest BCUT2D eigenvalue weighted by Gasteiger charge is 2.49. The number of nitrogens with one attached hydrogen (secondary N) is 2. The average molecular weight is 428 g/mol. The molecule has 1 heterocycles.